The molecule has 0 atom stereocenters. The molecule has 0 saturated heterocycles. The Morgan fingerprint density at radius 1 is 0.783 bits per heavy atom. The lowest BCUT2D eigenvalue weighted by molar-refractivity contribution is -0.134. The molecule has 0 heterocycles. The van der Waals surface area contributed by atoms with Crippen molar-refractivity contribution in [3.8, 4) is 0 Å². The van der Waals surface area contributed by atoms with E-state index in [1.165, 1.54) is 0 Å². The molecule has 3 aromatic carbocycles. The third-order valence-electron chi connectivity index (χ3n) is 3.74. The van der Waals surface area contributed by atoms with Crippen molar-refractivity contribution in [2.45, 2.75) is 12.8 Å². The maximum Gasteiger partial charge on any atom is 0.291 e. The molecule has 0 unspecified atom stereocenters. The average Bonchev–Trinajstić information content (AvgIpc) is 2.60. The van der Waals surface area contributed by atoms with Gasteiger partial charge in [0, 0.05) is 12.1 Å². The summed E-state index contributed by atoms with van der Waals surface area (Å²) in [5, 5.41) is 4.81. The molecule has 0 aliphatic heterocycles. The van der Waals surface area contributed by atoms with Gasteiger partial charge in [-0.1, -0.05) is 60.7 Å². The molecular formula is C20H17NO2. The summed E-state index contributed by atoms with van der Waals surface area (Å²) < 4.78 is 0. The number of hydrogen-bond donors (Lipinski definition) is 1. The maximum atomic E-state index is 12.0. The van der Waals surface area contributed by atoms with Crippen LogP contribution in [0.4, 0.5) is 5.69 Å². The molecule has 1 amide bonds. The number of carbonyl (C=O) groups excluding carboxylic acids is 2. The Kier molecular flexibility index (Phi) is 4.48. The Bertz CT molecular complexity index is 840. The first kappa shape index (κ1) is 15.0. The first-order valence-corrected chi connectivity index (χ1v) is 7.59. The molecule has 0 aromatic heterocycles. The Hall–Kier alpha value is -2.94. The van der Waals surface area contributed by atoms with Gasteiger partial charge < -0.3 is 5.32 Å². The van der Waals surface area contributed by atoms with Crippen molar-refractivity contribution in [3.05, 3.63) is 78.4 Å². The molecule has 3 nitrogen and oxygen atoms in total. The van der Waals surface area contributed by atoms with Crippen LogP contribution >= 0.6 is 0 Å². The summed E-state index contributed by atoms with van der Waals surface area (Å²) >= 11 is 0. The van der Waals surface area contributed by atoms with Crippen molar-refractivity contribution in [1.82, 2.24) is 0 Å². The van der Waals surface area contributed by atoms with E-state index >= 15 is 0 Å². The number of anilines is 1. The van der Waals surface area contributed by atoms with Crippen LogP contribution in [0, 0.1) is 0 Å². The van der Waals surface area contributed by atoms with Crippen molar-refractivity contribution in [2.24, 2.45) is 0 Å². The highest BCUT2D eigenvalue weighted by Gasteiger charge is 2.13. The minimum Gasteiger partial charge on any atom is -0.319 e. The minimum absolute atomic E-state index is 0.212. The number of amides is 1. The van der Waals surface area contributed by atoms with E-state index in [1.54, 1.807) is 0 Å². The largest absolute Gasteiger partial charge is 0.319 e. The van der Waals surface area contributed by atoms with Gasteiger partial charge in [-0.3, -0.25) is 9.59 Å². The number of nitrogens with one attached hydrogen (secondary N) is 1. The van der Waals surface area contributed by atoms with E-state index in [0.717, 1.165) is 16.3 Å². The summed E-state index contributed by atoms with van der Waals surface area (Å²) in [6.07, 6.45) is 0.786. The van der Waals surface area contributed by atoms with Crippen LogP contribution in [-0.4, -0.2) is 11.7 Å². The van der Waals surface area contributed by atoms with Crippen LogP contribution in [-0.2, 0) is 16.0 Å². The van der Waals surface area contributed by atoms with Gasteiger partial charge in [0.05, 0.1) is 0 Å². The smallest absolute Gasteiger partial charge is 0.291 e. The van der Waals surface area contributed by atoms with E-state index in [4.69, 9.17) is 0 Å². The van der Waals surface area contributed by atoms with Crippen LogP contribution in [0.1, 0.15) is 12.0 Å². The Morgan fingerprint density at radius 2 is 1.48 bits per heavy atom. The molecule has 0 aliphatic carbocycles. The summed E-state index contributed by atoms with van der Waals surface area (Å²) in [4.78, 5) is 24.0. The normalized spacial score (nSPS) is 10.4. The van der Waals surface area contributed by atoms with Gasteiger partial charge in [-0.05, 0) is 34.9 Å². The molecule has 0 aliphatic rings. The highest BCUT2D eigenvalue weighted by molar-refractivity contribution is 6.40. The second-order valence-electron chi connectivity index (χ2n) is 5.42. The van der Waals surface area contributed by atoms with Gasteiger partial charge in [0.25, 0.3) is 5.91 Å². The zero-order chi connectivity index (χ0) is 16.1. The zero-order valence-electron chi connectivity index (χ0n) is 12.7. The Labute approximate surface area is 135 Å². The van der Waals surface area contributed by atoms with Gasteiger partial charge in [0.1, 0.15) is 0 Å². The van der Waals surface area contributed by atoms with Crippen LogP contribution in [0.5, 0.6) is 0 Å². The Balaban J connectivity index is 1.62. The number of ketones is 1. The van der Waals surface area contributed by atoms with E-state index in [1.807, 2.05) is 72.8 Å². The van der Waals surface area contributed by atoms with Gasteiger partial charge in [-0.25, -0.2) is 0 Å². The number of aryl methyl sites for hydroxylation is 1. The van der Waals surface area contributed by atoms with E-state index in [2.05, 4.69) is 5.32 Å². The molecule has 3 heteroatoms. The van der Waals surface area contributed by atoms with Crippen LogP contribution in [0.25, 0.3) is 10.8 Å². The van der Waals surface area contributed by atoms with E-state index in [9.17, 15) is 9.59 Å². The summed E-state index contributed by atoms with van der Waals surface area (Å²) in [6.45, 7) is 0. The number of hydrogen-bond acceptors (Lipinski definition) is 2. The summed E-state index contributed by atoms with van der Waals surface area (Å²) in [5.74, 6) is -0.960. The van der Waals surface area contributed by atoms with Gasteiger partial charge in [-0.15, -0.1) is 0 Å². The van der Waals surface area contributed by atoms with Crippen LogP contribution in [0.3, 0.4) is 0 Å². The van der Waals surface area contributed by atoms with E-state index < -0.39 is 11.7 Å². The second-order valence-corrected chi connectivity index (χ2v) is 5.42. The molecule has 0 bridgehead atoms. The average molecular weight is 303 g/mol. The zero-order valence-corrected chi connectivity index (χ0v) is 12.7. The van der Waals surface area contributed by atoms with Crippen LogP contribution in [0.2, 0.25) is 0 Å². The number of carbonyl (C=O) groups is 2. The SMILES string of the molecule is O=C(CCc1ccccc1)C(=O)Nc1ccc2ccccc2c1. The van der Waals surface area contributed by atoms with Gasteiger partial charge >= 0.3 is 0 Å². The van der Waals surface area contributed by atoms with Crippen molar-refractivity contribution >= 4 is 28.2 Å². The topological polar surface area (TPSA) is 46.2 Å². The maximum absolute atomic E-state index is 12.0. The first-order chi connectivity index (χ1) is 11.2. The van der Waals surface area contributed by atoms with Crippen LogP contribution in [0.15, 0.2) is 72.8 Å². The fourth-order valence-electron chi connectivity index (χ4n) is 2.48. The minimum atomic E-state index is -0.559. The number of benzene rings is 3. The quantitative estimate of drug-likeness (QED) is 0.725. The molecule has 1 N–H and O–H groups in total. The van der Waals surface area contributed by atoms with Crippen molar-refractivity contribution < 1.29 is 9.59 Å². The highest BCUT2D eigenvalue weighted by Crippen LogP contribution is 2.18. The summed E-state index contributed by atoms with van der Waals surface area (Å²) in [6, 6.07) is 23.2. The predicted octanol–water partition coefficient (Wildman–Crippen LogP) is 3.98. The van der Waals surface area contributed by atoms with Crippen molar-refractivity contribution in [1.29, 1.82) is 0 Å². The lowest BCUT2D eigenvalue weighted by Crippen LogP contribution is -2.23. The van der Waals surface area contributed by atoms with E-state index in [-0.39, 0.29) is 6.42 Å². The van der Waals surface area contributed by atoms with Gasteiger partial charge in [0.15, 0.2) is 0 Å². The first-order valence-electron chi connectivity index (χ1n) is 7.59. The van der Waals surface area contributed by atoms with Gasteiger partial charge in [-0.2, -0.15) is 0 Å². The highest BCUT2D eigenvalue weighted by atomic mass is 16.2. The van der Waals surface area contributed by atoms with Gasteiger partial charge in [0.2, 0.25) is 5.78 Å². The molecular weight excluding hydrogens is 286 g/mol. The molecule has 0 saturated carbocycles. The standard InChI is InChI=1S/C20H17NO2/c22-19(13-10-15-6-2-1-3-7-15)20(23)21-18-12-11-16-8-4-5-9-17(16)14-18/h1-9,11-12,14H,10,13H2,(H,21,23). The van der Waals surface area contributed by atoms with Crippen molar-refractivity contribution in [3.63, 3.8) is 0 Å². The summed E-state index contributed by atoms with van der Waals surface area (Å²) in [5.41, 5.74) is 1.70. The fraction of sp³-hybridized carbons (Fsp3) is 0.100. The van der Waals surface area contributed by atoms with Crippen LogP contribution < -0.4 is 5.32 Å². The third kappa shape index (κ3) is 3.83. The number of rotatable bonds is 5. The second kappa shape index (κ2) is 6.88. The molecule has 0 spiro atoms. The molecule has 0 radical (unpaired) electrons. The molecule has 0 fully saturated rings. The molecule has 3 rings (SSSR count). The lowest BCUT2D eigenvalue weighted by atomic mass is 10.1. The summed E-state index contributed by atoms with van der Waals surface area (Å²) in [7, 11) is 0. The Morgan fingerprint density at radius 3 is 2.26 bits per heavy atom. The van der Waals surface area contributed by atoms with Crippen molar-refractivity contribution in [2.75, 3.05) is 5.32 Å². The number of Topliss-reactive ketones (excluding diaryl/α,β-unsaturated/α-hetero) is 1. The third-order valence-corrected chi connectivity index (χ3v) is 3.74. The molecule has 3 aromatic rings. The molecule has 23 heavy (non-hydrogen) atoms. The predicted molar refractivity (Wildman–Crippen MR) is 92.3 cm³/mol. The monoisotopic (exact) mass is 303 g/mol. The number of fused-ring (bicyclic) bond motifs is 1. The van der Waals surface area contributed by atoms with E-state index in [0.29, 0.717) is 12.1 Å². The lowest BCUT2D eigenvalue weighted by Gasteiger charge is -2.06. The molecule has 114 valence electrons. The fourth-order valence-corrected chi connectivity index (χ4v) is 2.48.